The first-order valence-electron chi connectivity index (χ1n) is 4.03. The lowest BCUT2D eigenvalue weighted by molar-refractivity contribution is -0.275. The van der Waals surface area contributed by atoms with E-state index in [1.54, 1.807) is 0 Å². The van der Waals surface area contributed by atoms with E-state index in [1.165, 1.54) is 0 Å². The van der Waals surface area contributed by atoms with Crippen molar-refractivity contribution in [1.29, 1.82) is 0 Å². The highest BCUT2D eigenvalue weighted by Gasteiger charge is 2.33. The second-order valence-corrected chi connectivity index (χ2v) is 4.11. The molecule has 96 valence electrons. The van der Waals surface area contributed by atoms with Crippen molar-refractivity contribution >= 4 is 31.9 Å². The van der Waals surface area contributed by atoms with E-state index in [2.05, 4.69) is 41.6 Å². The van der Waals surface area contributed by atoms with Gasteiger partial charge in [0.2, 0.25) is 0 Å². The summed E-state index contributed by atoms with van der Waals surface area (Å²) in [5.74, 6) is -0.794. The molecule has 0 bridgehead atoms. The molecule has 0 aromatic carbocycles. The first-order valence-corrected chi connectivity index (χ1v) is 5.95. The van der Waals surface area contributed by atoms with E-state index < -0.39 is 24.1 Å². The molecule has 1 rings (SSSR count). The molecule has 17 heavy (non-hydrogen) atoms. The van der Waals surface area contributed by atoms with Gasteiger partial charge in [-0.2, -0.15) is 0 Å². The summed E-state index contributed by atoms with van der Waals surface area (Å²) in [6.45, 7) is 0. The lowest BCUT2D eigenvalue weighted by Crippen LogP contribution is -2.18. The molecule has 0 atom stereocenters. The first kappa shape index (κ1) is 14.6. The molecule has 1 heterocycles. The molecule has 1 aromatic rings. The van der Waals surface area contributed by atoms with Gasteiger partial charge < -0.3 is 4.74 Å². The van der Waals surface area contributed by atoms with Gasteiger partial charge in [0.1, 0.15) is 4.60 Å². The third-order valence-electron chi connectivity index (χ3n) is 1.64. The fraction of sp³-hybridized carbons (Fsp3) is 0.375. The summed E-state index contributed by atoms with van der Waals surface area (Å²) in [5, 5.41) is -0.00241. The Balaban J connectivity index is 3.20. The number of ether oxygens (including phenoxy) is 1. The van der Waals surface area contributed by atoms with E-state index in [0.717, 1.165) is 0 Å². The van der Waals surface area contributed by atoms with Gasteiger partial charge in [-0.25, -0.2) is 13.8 Å². The molecule has 0 N–H and O–H groups in total. The monoisotopic (exact) mass is 383 g/mol. The van der Waals surface area contributed by atoms with Gasteiger partial charge in [0.05, 0.1) is 5.69 Å². The van der Waals surface area contributed by atoms with E-state index >= 15 is 0 Å². The minimum atomic E-state index is -4.96. The summed E-state index contributed by atoms with van der Waals surface area (Å²) in [5.41, 5.74) is -0.661. The molecule has 0 aliphatic heterocycles. The zero-order valence-electron chi connectivity index (χ0n) is 7.86. The van der Waals surface area contributed by atoms with Crippen molar-refractivity contribution in [2.45, 2.75) is 18.1 Å². The van der Waals surface area contributed by atoms with Crippen molar-refractivity contribution in [3.8, 4) is 5.75 Å². The lowest BCUT2D eigenvalue weighted by atomic mass is 10.2. The number of hydrogen-bond donors (Lipinski definition) is 0. The Hall–Kier alpha value is -0.440. The Morgan fingerprint density at radius 3 is 2.35 bits per heavy atom. The normalized spacial score (nSPS) is 12.0. The largest absolute Gasteiger partial charge is 0.573 e. The van der Waals surface area contributed by atoms with Crippen LogP contribution in [0.2, 0.25) is 0 Å². The quantitative estimate of drug-likeness (QED) is 0.432. The van der Waals surface area contributed by atoms with E-state index in [1.807, 2.05) is 0 Å². The third-order valence-corrected chi connectivity index (χ3v) is 2.74. The molecular formula is C8H4Br2F5NO. The zero-order valence-corrected chi connectivity index (χ0v) is 11.0. The maximum Gasteiger partial charge on any atom is 0.573 e. The molecular weight excluding hydrogens is 381 g/mol. The second kappa shape index (κ2) is 5.47. The van der Waals surface area contributed by atoms with Gasteiger partial charge in [-0.15, -0.1) is 13.2 Å². The standard InChI is InChI=1S/C8H4Br2F5NO/c9-2-4-3(7(11)12)1-5(6(10)16-4)17-8(13,14)15/h1,7H,2H2. The maximum atomic E-state index is 12.5. The molecule has 0 saturated heterocycles. The third kappa shape index (κ3) is 4.06. The lowest BCUT2D eigenvalue weighted by Gasteiger charge is -2.13. The molecule has 0 unspecified atom stereocenters. The van der Waals surface area contributed by atoms with E-state index in [4.69, 9.17) is 0 Å². The highest BCUT2D eigenvalue weighted by atomic mass is 79.9. The minimum absolute atomic E-state index is 0.00241. The van der Waals surface area contributed by atoms with Gasteiger partial charge in [0.25, 0.3) is 6.43 Å². The molecule has 0 amide bonds. The molecule has 0 saturated carbocycles. The fourth-order valence-electron chi connectivity index (χ4n) is 1.01. The van der Waals surface area contributed by atoms with Gasteiger partial charge in [-0.3, -0.25) is 0 Å². The van der Waals surface area contributed by atoms with Crippen LogP contribution in [0.3, 0.4) is 0 Å². The van der Waals surface area contributed by atoms with Crippen LogP contribution in [0, 0.1) is 0 Å². The molecule has 1 aromatic heterocycles. The summed E-state index contributed by atoms with van der Waals surface area (Å²) in [6, 6.07) is 0.617. The number of alkyl halides is 6. The molecule has 2 nitrogen and oxygen atoms in total. The van der Waals surface area contributed by atoms with Crippen LogP contribution < -0.4 is 4.74 Å². The van der Waals surface area contributed by atoms with E-state index in [-0.39, 0.29) is 15.6 Å². The van der Waals surface area contributed by atoms with Crippen molar-refractivity contribution in [3.05, 3.63) is 21.9 Å². The molecule has 0 spiro atoms. The Bertz CT molecular complexity index is 410. The smallest absolute Gasteiger partial charge is 0.403 e. The van der Waals surface area contributed by atoms with Crippen LogP contribution in [0.25, 0.3) is 0 Å². The minimum Gasteiger partial charge on any atom is -0.403 e. The van der Waals surface area contributed by atoms with Crippen LogP contribution >= 0.6 is 31.9 Å². The number of halogens is 7. The highest BCUT2D eigenvalue weighted by Crippen LogP contribution is 2.34. The molecule has 0 radical (unpaired) electrons. The van der Waals surface area contributed by atoms with Crippen LogP contribution in [0.4, 0.5) is 22.0 Å². The summed E-state index contributed by atoms with van der Waals surface area (Å²) >= 11 is 5.64. The van der Waals surface area contributed by atoms with Crippen LogP contribution in [-0.4, -0.2) is 11.3 Å². The molecule has 9 heteroatoms. The summed E-state index contributed by atoms with van der Waals surface area (Å²) in [4.78, 5) is 3.56. The summed E-state index contributed by atoms with van der Waals surface area (Å²) in [7, 11) is 0. The van der Waals surface area contributed by atoms with Crippen LogP contribution in [0.5, 0.6) is 5.75 Å². The first-order chi connectivity index (χ1) is 7.74. The Morgan fingerprint density at radius 1 is 1.35 bits per heavy atom. The average molecular weight is 385 g/mol. The van der Waals surface area contributed by atoms with E-state index in [0.29, 0.717) is 6.07 Å². The molecule has 0 fully saturated rings. The van der Waals surface area contributed by atoms with Gasteiger partial charge in [0.15, 0.2) is 5.75 Å². The summed E-state index contributed by atoms with van der Waals surface area (Å²) < 4.78 is 64.3. The number of rotatable bonds is 3. The highest BCUT2D eigenvalue weighted by molar-refractivity contribution is 9.10. The van der Waals surface area contributed by atoms with Crippen LogP contribution in [0.1, 0.15) is 17.7 Å². The maximum absolute atomic E-state index is 12.5. The number of pyridine rings is 1. The number of nitrogens with zero attached hydrogens (tertiary/aromatic N) is 1. The molecule has 0 aliphatic rings. The van der Waals surface area contributed by atoms with Crippen molar-refractivity contribution in [3.63, 3.8) is 0 Å². The predicted octanol–water partition coefficient (Wildman–Crippen LogP) is 4.58. The van der Waals surface area contributed by atoms with Gasteiger partial charge in [-0.05, 0) is 22.0 Å². The van der Waals surface area contributed by atoms with Gasteiger partial charge >= 0.3 is 6.36 Å². The zero-order chi connectivity index (χ0) is 13.2. The van der Waals surface area contributed by atoms with Crippen molar-refractivity contribution in [1.82, 2.24) is 4.98 Å². The van der Waals surface area contributed by atoms with Crippen molar-refractivity contribution < 1.29 is 26.7 Å². The van der Waals surface area contributed by atoms with Crippen molar-refractivity contribution in [2.75, 3.05) is 0 Å². The summed E-state index contributed by atoms with van der Waals surface area (Å²) in [6.07, 6.45) is -7.89. The Kier molecular flexibility index (Phi) is 4.70. The van der Waals surface area contributed by atoms with Crippen LogP contribution in [-0.2, 0) is 5.33 Å². The topological polar surface area (TPSA) is 22.1 Å². The SMILES string of the molecule is FC(F)c1cc(OC(F)(F)F)c(Br)nc1CBr. The fourth-order valence-corrected chi connectivity index (χ4v) is 1.87. The molecule has 0 aliphatic carbocycles. The van der Waals surface area contributed by atoms with Crippen LogP contribution in [0.15, 0.2) is 10.7 Å². The number of aromatic nitrogens is 1. The Labute approximate surface area is 109 Å². The van der Waals surface area contributed by atoms with Crippen molar-refractivity contribution in [2.24, 2.45) is 0 Å². The van der Waals surface area contributed by atoms with Gasteiger partial charge in [0, 0.05) is 10.9 Å². The average Bonchev–Trinajstić information content (AvgIpc) is 2.18. The Morgan fingerprint density at radius 2 is 1.94 bits per heavy atom. The van der Waals surface area contributed by atoms with Gasteiger partial charge in [-0.1, -0.05) is 15.9 Å². The second-order valence-electron chi connectivity index (χ2n) is 2.80. The van der Waals surface area contributed by atoms with E-state index in [9.17, 15) is 22.0 Å². The number of hydrogen-bond acceptors (Lipinski definition) is 2. The predicted molar refractivity (Wildman–Crippen MR) is 56.2 cm³/mol.